The van der Waals surface area contributed by atoms with Crippen LogP contribution >= 0.6 is 17.0 Å². The second-order valence-electron chi connectivity index (χ2n) is 12.7. The molecule has 230 valence electrons. The van der Waals surface area contributed by atoms with Crippen LogP contribution in [0.15, 0.2) is 115 Å². The summed E-state index contributed by atoms with van der Waals surface area (Å²) in [4.78, 5) is 0. The first-order valence-corrected chi connectivity index (χ1v) is 23.3. The molecule has 6 aromatic carbocycles. The maximum absolute atomic E-state index is 4.93. The normalized spacial score (nSPS) is 11.5. The Kier molecular flexibility index (Phi) is 12.1. The van der Waals surface area contributed by atoms with E-state index in [2.05, 4.69) is 157 Å². The first kappa shape index (κ1) is 34.7. The van der Waals surface area contributed by atoms with Crippen LogP contribution in [0.1, 0.15) is 76.0 Å². The van der Waals surface area contributed by atoms with Gasteiger partial charge in [-0.1, -0.05) is 137 Å². The third-order valence-corrected chi connectivity index (χ3v) is 9.97. The molecule has 0 atom stereocenters. The molecule has 1 aliphatic rings. The van der Waals surface area contributed by atoms with E-state index in [0.29, 0.717) is 17.8 Å². The molecule has 0 spiro atoms. The molecule has 4 heteroatoms. The zero-order valence-corrected chi connectivity index (χ0v) is 32.4. The quantitative estimate of drug-likeness (QED) is 0.122. The molecule has 0 nitrogen and oxygen atoms in total. The molecule has 0 aromatic heterocycles. The van der Waals surface area contributed by atoms with Crippen molar-refractivity contribution >= 4 is 47.7 Å². The van der Waals surface area contributed by atoms with Gasteiger partial charge in [-0.2, -0.15) is 35.5 Å². The van der Waals surface area contributed by atoms with Crippen LogP contribution in [-0.2, 0) is 20.8 Å². The van der Waals surface area contributed by atoms with Gasteiger partial charge in [-0.25, -0.2) is 0 Å². The molecule has 1 aliphatic heterocycles. The van der Waals surface area contributed by atoms with Crippen molar-refractivity contribution in [3.8, 4) is 33.4 Å². The summed E-state index contributed by atoms with van der Waals surface area (Å²) in [6.07, 6.45) is 0. The summed E-state index contributed by atoms with van der Waals surface area (Å²) < 4.78 is 0. The standard InChI is InChI=1S/C30H33.C12H7Si.2ClH.Zr/c1-19(2)24-15-25(20(3)4)17-27(16-24)30-28(22-10-8-7-9-11-22)13-12-23-14-26(21(5)6)18-29(23)30;1-3-7-11-9(5-1)10-6-2-4-8-12(10)13-11;;;/h7-21H,1-6H3;1-7H;2*1H;/q2*-1;;;+4/p-2. The van der Waals surface area contributed by atoms with Crippen LogP contribution in [0, 0.1) is 6.07 Å². The molecule has 2 radical (unpaired) electrons. The van der Waals surface area contributed by atoms with E-state index >= 15 is 0 Å². The van der Waals surface area contributed by atoms with Crippen molar-refractivity contribution in [3.63, 3.8) is 0 Å². The van der Waals surface area contributed by atoms with Crippen molar-refractivity contribution in [1.29, 1.82) is 0 Å². The third kappa shape index (κ3) is 7.91. The largest absolute Gasteiger partial charge is 0.184 e. The average Bonchev–Trinajstić information content (AvgIpc) is 3.67. The van der Waals surface area contributed by atoms with Gasteiger partial charge in [-0.05, 0) is 45.6 Å². The van der Waals surface area contributed by atoms with Crippen LogP contribution in [0.5, 0.6) is 0 Å². The summed E-state index contributed by atoms with van der Waals surface area (Å²) in [5.74, 6) is 1.54. The van der Waals surface area contributed by atoms with Crippen LogP contribution in [0.4, 0.5) is 0 Å². The van der Waals surface area contributed by atoms with Gasteiger partial charge >= 0.3 is 37.9 Å². The van der Waals surface area contributed by atoms with E-state index in [1.54, 1.807) is 0 Å². The van der Waals surface area contributed by atoms with Crippen molar-refractivity contribution in [2.75, 3.05) is 0 Å². The average molecular weight is 735 g/mol. The van der Waals surface area contributed by atoms with Gasteiger partial charge in [0, 0.05) is 0 Å². The Bertz CT molecular complexity index is 1830. The summed E-state index contributed by atoms with van der Waals surface area (Å²) >= 11 is -0.826. The molecule has 0 fully saturated rings. The Morgan fingerprint density at radius 2 is 1.26 bits per heavy atom. The number of hydrogen-bond donors (Lipinski definition) is 0. The molecule has 0 bridgehead atoms. The molecule has 0 amide bonds. The van der Waals surface area contributed by atoms with Gasteiger partial charge in [0.25, 0.3) is 0 Å². The Morgan fingerprint density at radius 1 is 0.630 bits per heavy atom. The van der Waals surface area contributed by atoms with Crippen molar-refractivity contribution in [2.45, 2.75) is 59.3 Å². The fourth-order valence-corrected chi connectivity index (χ4v) is 7.33. The van der Waals surface area contributed by atoms with E-state index in [-0.39, 0.29) is 0 Å². The van der Waals surface area contributed by atoms with Gasteiger partial charge in [-0.15, -0.1) is 34.0 Å². The van der Waals surface area contributed by atoms with E-state index in [9.17, 15) is 0 Å². The zero-order valence-electron chi connectivity index (χ0n) is 27.5. The number of fused-ring (bicyclic) bond motifs is 4. The van der Waals surface area contributed by atoms with Crippen molar-refractivity contribution in [3.05, 3.63) is 138 Å². The van der Waals surface area contributed by atoms with Crippen LogP contribution in [0.25, 0.3) is 44.2 Å². The summed E-state index contributed by atoms with van der Waals surface area (Å²) in [5, 5.41) is 5.54. The van der Waals surface area contributed by atoms with Crippen LogP contribution in [0.3, 0.4) is 0 Å². The first-order valence-electron chi connectivity index (χ1n) is 16.0. The van der Waals surface area contributed by atoms with Crippen LogP contribution in [0.2, 0.25) is 0 Å². The summed E-state index contributed by atoms with van der Waals surface area (Å²) in [5.41, 5.74) is 12.3. The SMILES string of the molecule is CC(C)c1cc(-c2c(-c3ccccc3)ccc3[cH-]c(C(C)C)cc23)cc(C(C)C)c1.[Cl][Zr+2][Cl].[c-]1cccc2c1[Si]c1ccccc1-2. The minimum absolute atomic E-state index is 0.507. The Morgan fingerprint density at radius 3 is 1.91 bits per heavy atom. The Hall–Kier alpha value is -2.61. The second kappa shape index (κ2) is 16.0. The van der Waals surface area contributed by atoms with E-state index in [1.807, 2.05) is 6.07 Å². The van der Waals surface area contributed by atoms with Crippen molar-refractivity contribution < 1.29 is 20.8 Å². The van der Waals surface area contributed by atoms with Gasteiger partial charge in [0.1, 0.15) is 0 Å². The van der Waals surface area contributed by atoms with Gasteiger partial charge < -0.3 is 0 Å². The van der Waals surface area contributed by atoms with E-state index in [0.717, 1.165) is 9.52 Å². The maximum atomic E-state index is 4.93. The summed E-state index contributed by atoms with van der Waals surface area (Å²) in [7, 11) is 10.7. The number of benzene rings is 5. The summed E-state index contributed by atoms with van der Waals surface area (Å²) in [6, 6.07) is 45.6. The second-order valence-corrected chi connectivity index (χ2v) is 17.7. The molecule has 0 saturated carbocycles. The molecule has 0 N–H and O–H groups in total. The van der Waals surface area contributed by atoms with E-state index in [1.165, 1.54) is 71.2 Å². The van der Waals surface area contributed by atoms with E-state index in [4.69, 9.17) is 17.0 Å². The molecule has 0 saturated heterocycles. The number of hydrogen-bond acceptors (Lipinski definition) is 0. The first-order chi connectivity index (χ1) is 22.2. The molecule has 1 heterocycles. The zero-order chi connectivity index (χ0) is 32.8. The number of rotatable bonds is 5. The van der Waals surface area contributed by atoms with Crippen molar-refractivity contribution in [1.82, 2.24) is 0 Å². The fourth-order valence-electron chi connectivity index (χ4n) is 6.02. The van der Waals surface area contributed by atoms with Gasteiger partial charge in [0.05, 0.1) is 9.52 Å². The topological polar surface area (TPSA) is 0 Å². The summed E-state index contributed by atoms with van der Waals surface area (Å²) in [6.45, 7) is 13.7. The maximum Gasteiger partial charge on any atom is 0.0920 e. The predicted molar refractivity (Wildman–Crippen MR) is 200 cm³/mol. The third-order valence-electron chi connectivity index (χ3n) is 8.60. The van der Waals surface area contributed by atoms with Crippen LogP contribution < -0.4 is 10.4 Å². The molecular formula is C42H40Cl2SiZr. The predicted octanol–water partition coefficient (Wildman–Crippen LogP) is 11.8. The molecule has 7 rings (SSSR count). The Balaban J connectivity index is 0.000000214. The molecule has 0 unspecified atom stereocenters. The molecule has 46 heavy (non-hydrogen) atoms. The smallest absolute Gasteiger partial charge is 0.0920 e. The molecule has 0 aliphatic carbocycles. The molecular weight excluding hydrogens is 695 g/mol. The van der Waals surface area contributed by atoms with Gasteiger partial charge in [0.15, 0.2) is 0 Å². The van der Waals surface area contributed by atoms with Gasteiger partial charge in [0.2, 0.25) is 0 Å². The minimum Gasteiger partial charge on any atom is -0.184 e. The monoisotopic (exact) mass is 732 g/mol. The van der Waals surface area contributed by atoms with Crippen molar-refractivity contribution in [2.24, 2.45) is 0 Å². The number of halogens is 2. The van der Waals surface area contributed by atoms with E-state index < -0.39 is 20.8 Å². The molecule has 6 aromatic rings. The van der Waals surface area contributed by atoms with Crippen LogP contribution in [-0.4, -0.2) is 9.52 Å². The minimum atomic E-state index is -0.826. The van der Waals surface area contributed by atoms with Gasteiger partial charge in [-0.3, -0.25) is 0 Å². The Labute approximate surface area is 297 Å². The fraction of sp³-hybridized carbons (Fsp3) is 0.214.